The molecule has 0 saturated carbocycles. The number of hydrogen-bond donors (Lipinski definition) is 1. The number of phenolic OH excluding ortho intramolecular Hbond substituents is 1. The Morgan fingerprint density at radius 2 is 1.82 bits per heavy atom. The molecule has 1 aliphatic carbocycles. The second-order valence-corrected chi connectivity index (χ2v) is 6.43. The first-order valence-electron chi connectivity index (χ1n) is 7.29. The van der Waals surface area contributed by atoms with Gasteiger partial charge in [-0.1, -0.05) is 41.9 Å². The fourth-order valence-corrected chi connectivity index (χ4v) is 3.44. The molecule has 2 atom stereocenters. The highest BCUT2D eigenvalue weighted by molar-refractivity contribution is 6.32. The van der Waals surface area contributed by atoms with Crippen molar-refractivity contribution in [3.63, 3.8) is 0 Å². The van der Waals surface area contributed by atoms with Gasteiger partial charge < -0.3 is 10.0 Å². The molecule has 0 aliphatic heterocycles. The molecule has 2 nitrogen and oxygen atoms in total. The van der Waals surface area contributed by atoms with Crippen molar-refractivity contribution in [3.8, 4) is 5.75 Å². The lowest BCUT2D eigenvalue weighted by Gasteiger charge is -2.35. The van der Waals surface area contributed by atoms with Gasteiger partial charge in [0.1, 0.15) is 5.75 Å². The van der Waals surface area contributed by atoms with Gasteiger partial charge in [-0.15, -0.1) is 12.4 Å². The van der Waals surface area contributed by atoms with Gasteiger partial charge in [-0.25, -0.2) is 0 Å². The molecule has 0 bridgehead atoms. The first kappa shape index (κ1) is 17.1. The molecule has 0 radical (unpaired) electrons. The Labute approximate surface area is 143 Å². The topological polar surface area (TPSA) is 23.5 Å². The molecule has 2 aromatic rings. The van der Waals surface area contributed by atoms with Gasteiger partial charge in [-0.3, -0.25) is 0 Å². The molecule has 0 amide bonds. The van der Waals surface area contributed by atoms with E-state index in [0.29, 0.717) is 17.0 Å². The second-order valence-electron chi connectivity index (χ2n) is 6.02. The SMILES string of the molecule is CN(C)C1Cc2cc(Cl)c(O)cc2C(c2ccccc2)C1.Cl. The Morgan fingerprint density at radius 3 is 2.45 bits per heavy atom. The van der Waals surface area contributed by atoms with E-state index in [0.717, 1.165) is 12.8 Å². The summed E-state index contributed by atoms with van der Waals surface area (Å²) >= 11 is 6.10. The van der Waals surface area contributed by atoms with E-state index in [2.05, 4.69) is 43.3 Å². The average Bonchev–Trinajstić information content (AvgIpc) is 2.48. The molecule has 22 heavy (non-hydrogen) atoms. The van der Waals surface area contributed by atoms with E-state index in [1.54, 1.807) is 0 Å². The standard InChI is InChI=1S/C18H20ClNO.ClH/c1-20(2)14-8-13-9-17(19)18(21)11-16(13)15(10-14)12-6-4-3-5-7-12;/h3-7,9,11,14-15,21H,8,10H2,1-2H3;1H. The van der Waals surface area contributed by atoms with Gasteiger partial charge in [0.2, 0.25) is 0 Å². The average molecular weight is 338 g/mol. The van der Waals surface area contributed by atoms with Crippen LogP contribution in [-0.4, -0.2) is 30.1 Å². The highest BCUT2D eigenvalue weighted by Crippen LogP contribution is 2.41. The lowest BCUT2D eigenvalue weighted by Crippen LogP contribution is -2.35. The predicted molar refractivity (Wildman–Crippen MR) is 94.4 cm³/mol. The fraction of sp³-hybridized carbons (Fsp3) is 0.333. The highest BCUT2D eigenvalue weighted by atomic mass is 35.5. The molecule has 0 saturated heterocycles. The van der Waals surface area contributed by atoms with Crippen molar-refractivity contribution in [2.75, 3.05) is 14.1 Å². The van der Waals surface area contributed by atoms with E-state index in [-0.39, 0.29) is 18.2 Å². The maximum atomic E-state index is 9.97. The third-order valence-electron chi connectivity index (χ3n) is 4.48. The highest BCUT2D eigenvalue weighted by Gasteiger charge is 2.30. The van der Waals surface area contributed by atoms with Crippen molar-refractivity contribution in [2.45, 2.75) is 24.8 Å². The molecule has 0 heterocycles. The zero-order chi connectivity index (χ0) is 15.0. The maximum absolute atomic E-state index is 9.97. The smallest absolute Gasteiger partial charge is 0.134 e. The Bertz CT molecular complexity index is 643. The molecule has 0 aromatic heterocycles. The van der Waals surface area contributed by atoms with E-state index >= 15 is 0 Å². The fourth-order valence-electron chi connectivity index (χ4n) is 3.25. The van der Waals surface area contributed by atoms with Crippen LogP contribution < -0.4 is 0 Å². The van der Waals surface area contributed by atoms with Crippen molar-refractivity contribution in [1.82, 2.24) is 4.90 Å². The lowest BCUT2D eigenvalue weighted by molar-refractivity contribution is 0.258. The quantitative estimate of drug-likeness (QED) is 0.873. The third kappa shape index (κ3) is 3.24. The summed E-state index contributed by atoms with van der Waals surface area (Å²) in [6.07, 6.45) is 2.04. The maximum Gasteiger partial charge on any atom is 0.134 e. The monoisotopic (exact) mass is 337 g/mol. The van der Waals surface area contributed by atoms with Crippen LogP contribution in [0, 0.1) is 0 Å². The van der Waals surface area contributed by atoms with Crippen molar-refractivity contribution >= 4 is 24.0 Å². The van der Waals surface area contributed by atoms with Crippen molar-refractivity contribution in [3.05, 3.63) is 64.2 Å². The number of likely N-dealkylation sites (N-methyl/N-ethyl adjacent to an activating group) is 1. The Balaban J connectivity index is 0.00000176. The van der Waals surface area contributed by atoms with Crippen molar-refractivity contribution < 1.29 is 5.11 Å². The minimum Gasteiger partial charge on any atom is -0.506 e. The van der Waals surface area contributed by atoms with Crippen LogP contribution in [0.25, 0.3) is 0 Å². The summed E-state index contributed by atoms with van der Waals surface area (Å²) in [4.78, 5) is 2.28. The summed E-state index contributed by atoms with van der Waals surface area (Å²) in [6, 6.07) is 14.8. The summed E-state index contributed by atoms with van der Waals surface area (Å²) in [5.74, 6) is 0.491. The number of rotatable bonds is 2. The van der Waals surface area contributed by atoms with Crippen LogP contribution in [0.1, 0.15) is 29.0 Å². The molecular formula is C18H21Cl2NO. The molecule has 1 N–H and O–H groups in total. The van der Waals surface area contributed by atoms with Crippen molar-refractivity contribution in [2.24, 2.45) is 0 Å². The molecule has 0 fully saturated rings. The first-order chi connectivity index (χ1) is 10.1. The van der Waals surface area contributed by atoms with Gasteiger partial charge in [0.05, 0.1) is 5.02 Å². The minimum absolute atomic E-state index is 0. The molecule has 4 heteroatoms. The molecule has 1 aliphatic rings. The van der Waals surface area contributed by atoms with Crippen LogP contribution in [0.15, 0.2) is 42.5 Å². The normalized spacial score (nSPS) is 20.4. The van der Waals surface area contributed by atoms with E-state index in [1.165, 1.54) is 16.7 Å². The van der Waals surface area contributed by atoms with Crippen LogP contribution in [-0.2, 0) is 6.42 Å². The summed E-state index contributed by atoms with van der Waals surface area (Å²) < 4.78 is 0. The molecule has 0 spiro atoms. The molecule has 118 valence electrons. The Hall–Kier alpha value is -1.22. The first-order valence-corrected chi connectivity index (χ1v) is 7.66. The molecule has 2 unspecified atom stereocenters. The summed E-state index contributed by atoms with van der Waals surface area (Å²) in [7, 11) is 4.25. The van der Waals surface area contributed by atoms with Gasteiger partial charge in [0.15, 0.2) is 0 Å². The summed E-state index contributed by atoms with van der Waals surface area (Å²) in [6.45, 7) is 0. The van der Waals surface area contributed by atoms with E-state index in [9.17, 15) is 5.11 Å². The molecular weight excluding hydrogens is 317 g/mol. The van der Waals surface area contributed by atoms with Crippen LogP contribution in [0.5, 0.6) is 5.75 Å². The number of benzene rings is 2. The van der Waals surface area contributed by atoms with Gasteiger partial charge in [-0.2, -0.15) is 0 Å². The van der Waals surface area contributed by atoms with Gasteiger partial charge in [0, 0.05) is 12.0 Å². The van der Waals surface area contributed by atoms with Crippen LogP contribution in [0.2, 0.25) is 5.02 Å². The number of phenols is 1. The van der Waals surface area contributed by atoms with Crippen LogP contribution in [0.4, 0.5) is 0 Å². The van der Waals surface area contributed by atoms with Crippen LogP contribution in [0.3, 0.4) is 0 Å². The Morgan fingerprint density at radius 1 is 1.14 bits per heavy atom. The largest absolute Gasteiger partial charge is 0.506 e. The Kier molecular flexibility index (Phi) is 5.38. The molecule has 2 aromatic carbocycles. The third-order valence-corrected chi connectivity index (χ3v) is 4.78. The number of halogens is 2. The molecule has 3 rings (SSSR count). The van der Waals surface area contributed by atoms with Gasteiger partial charge >= 0.3 is 0 Å². The van der Waals surface area contributed by atoms with E-state index in [1.807, 2.05) is 18.2 Å². The second kappa shape index (κ2) is 6.91. The zero-order valence-corrected chi connectivity index (χ0v) is 14.4. The van der Waals surface area contributed by atoms with Gasteiger partial charge in [0.25, 0.3) is 0 Å². The number of nitrogens with zero attached hydrogens (tertiary/aromatic N) is 1. The van der Waals surface area contributed by atoms with Gasteiger partial charge in [-0.05, 0) is 55.8 Å². The van der Waals surface area contributed by atoms with E-state index < -0.39 is 0 Å². The van der Waals surface area contributed by atoms with Crippen LogP contribution >= 0.6 is 24.0 Å². The number of hydrogen-bond acceptors (Lipinski definition) is 2. The predicted octanol–water partition coefficient (Wildman–Crippen LogP) is 4.48. The lowest BCUT2D eigenvalue weighted by atomic mass is 9.76. The van der Waals surface area contributed by atoms with E-state index in [4.69, 9.17) is 11.6 Å². The number of fused-ring (bicyclic) bond motifs is 1. The summed E-state index contributed by atoms with van der Waals surface area (Å²) in [5.41, 5.74) is 3.75. The van der Waals surface area contributed by atoms with Crippen molar-refractivity contribution in [1.29, 1.82) is 0 Å². The minimum atomic E-state index is 0. The summed E-state index contributed by atoms with van der Waals surface area (Å²) in [5, 5.41) is 10.4. The number of aromatic hydroxyl groups is 1. The zero-order valence-electron chi connectivity index (χ0n) is 12.8.